The number of rotatable bonds is 8. The zero-order valence-corrected chi connectivity index (χ0v) is 13.9. The highest BCUT2D eigenvalue weighted by molar-refractivity contribution is 5.91. The highest BCUT2D eigenvalue weighted by Crippen LogP contribution is 2.35. The van der Waals surface area contributed by atoms with Crippen molar-refractivity contribution in [2.24, 2.45) is 0 Å². The quantitative estimate of drug-likeness (QED) is 0.641. The summed E-state index contributed by atoms with van der Waals surface area (Å²) in [4.78, 5) is 11.1. The molecule has 0 bridgehead atoms. The van der Waals surface area contributed by atoms with Crippen molar-refractivity contribution < 1.29 is 55.2 Å². The number of aliphatic hydroxyl groups is 1. The van der Waals surface area contributed by atoms with Crippen LogP contribution in [0.1, 0.15) is 24.2 Å². The van der Waals surface area contributed by atoms with Gasteiger partial charge in [0.1, 0.15) is 23.7 Å². The predicted octanol–water partition coefficient (Wildman–Crippen LogP) is 3.75. The lowest BCUT2D eigenvalue weighted by molar-refractivity contribution is -0.260. The number of hydrogen-bond donors (Lipinski definition) is 2. The molecule has 0 aliphatic carbocycles. The van der Waals surface area contributed by atoms with Crippen LogP contribution in [0.5, 0.6) is 11.5 Å². The van der Waals surface area contributed by atoms with Gasteiger partial charge in [-0.05, 0) is 19.1 Å². The van der Waals surface area contributed by atoms with Gasteiger partial charge in [-0.15, -0.1) is 0 Å². The van der Waals surface area contributed by atoms with Crippen LogP contribution in [0.2, 0.25) is 0 Å². The maximum absolute atomic E-state index is 13.2. The van der Waals surface area contributed by atoms with E-state index in [0.717, 1.165) is 12.1 Å². The Kier molecular flexibility index (Phi) is 6.26. The maximum Gasteiger partial charge on any atom is 0.420 e. The highest BCUT2D eigenvalue weighted by Gasteiger charge is 2.53. The van der Waals surface area contributed by atoms with E-state index >= 15 is 0 Å². The molecule has 0 aromatic heterocycles. The molecule has 2 N–H and O–H groups in total. The third kappa shape index (κ3) is 5.62. The molecular formula is C15H15F7O5. The lowest BCUT2D eigenvalue weighted by atomic mass is 10.1. The average molecular weight is 408 g/mol. The van der Waals surface area contributed by atoms with Gasteiger partial charge >= 0.3 is 24.0 Å². The fourth-order valence-corrected chi connectivity index (χ4v) is 1.49. The van der Waals surface area contributed by atoms with E-state index in [1.54, 1.807) is 0 Å². The van der Waals surface area contributed by atoms with Crippen LogP contribution in [0.4, 0.5) is 30.7 Å². The van der Waals surface area contributed by atoms with Crippen LogP contribution in [0.25, 0.3) is 0 Å². The fraction of sp³-hybridized carbons (Fsp3) is 0.533. The van der Waals surface area contributed by atoms with Gasteiger partial charge in [-0.3, -0.25) is 0 Å². The minimum absolute atomic E-state index is 0.0301. The van der Waals surface area contributed by atoms with Crippen molar-refractivity contribution in [3.8, 4) is 11.5 Å². The first kappa shape index (κ1) is 22.8. The normalized spacial score (nSPS) is 15.2. The predicted molar refractivity (Wildman–Crippen MR) is 76.6 cm³/mol. The molecule has 0 saturated carbocycles. The first-order valence-corrected chi connectivity index (χ1v) is 7.15. The molecule has 0 aliphatic rings. The number of hydrogen-bond acceptors (Lipinski definition) is 4. The van der Waals surface area contributed by atoms with E-state index in [1.807, 2.05) is 0 Å². The Morgan fingerprint density at radius 3 is 2.00 bits per heavy atom. The van der Waals surface area contributed by atoms with Crippen LogP contribution in [-0.2, 0) is 0 Å². The number of benzene rings is 1. The number of halogens is 7. The second kappa shape index (κ2) is 7.41. The molecule has 5 nitrogen and oxygen atoms in total. The molecule has 0 amide bonds. The Morgan fingerprint density at radius 1 is 1.00 bits per heavy atom. The van der Waals surface area contributed by atoms with Gasteiger partial charge in [0.2, 0.25) is 0 Å². The molecule has 1 rings (SSSR count). The van der Waals surface area contributed by atoms with E-state index in [0.29, 0.717) is 13.0 Å². The highest BCUT2D eigenvalue weighted by atomic mass is 19.4. The molecule has 12 heteroatoms. The Bertz CT molecular complexity index is 680. The van der Waals surface area contributed by atoms with Crippen LogP contribution in [-0.4, -0.2) is 53.0 Å². The third-order valence-electron chi connectivity index (χ3n) is 3.37. The Balaban J connectivity index is 3.03. The van der Waals surface area contributed by atoms with E-state index in [4.69, 9.17) is 5.11 Å². The molecule has 0 radical (unpaired) electrons. The number of carboxylic acid groups (broad SMARTS) is 1. The van der Waals surface area contributed by atoms with E-state index in [9.17, 15) is 40.6 Å². The maximum atomic E-state index is 13.2. The van der Waals surface area contributed by atoms with Crippen molar-refractivity contribution in [3.05, 3.63) is 23.8 Å². The molecule has 1 unspecified atom stereocenters. The molecular weight excluding hydrogens is 393 g/mol. The minimum atomic E-state index is -5.10. The van der Waals surface area contributed by atoms with E-state index in [1.165, 1.54) is 0 Å². The first-order chi connectivity index (χ1) is 12.0. The Labute approximate surface area is 148 Å². The summed E-state index contributed by atoms with van der Waals surface area (Å²) in [6.07, 6.45) is -5.10. The Hall–Kier alpha value is -2.24. The van der Waals surface area contributed by atoms with E-state index < -0.39 is 59.9 Å². The molecule has 1 aromatic rings. The number of ether oxygens (including phenoxy) is 2. The van der Waals surface area contributed by atoms with E-state index in [2.05, 4.69) is 9.47 Å². The summed E-state index contributed by atoms with van der Waals surface area (Å²) in [5.74, 6) is -11.9. The van der Waals surface area contributed by atoms with Crippen molar-refractivity contribution in [1.29, 1.82) is 0 Å². The topological polar surface area (TPSA) is 76.0 Å². The summed E-state index contributed by atoms with van der Waals surface area (Å²) in [7, 11) is 0. The number of aromatic carboxylic acids is 1. The standard InChI is InChI=1S/C15H15F7O5/c1-12(25,15(20,21)22)6-27-10-5-8(3-4-9(10)11(23)24)26-7-14(18,19)13(2,16)17/h3-5,25H,6-7H2,1-2H3,(H,23,24). The summed E-state index contributed by atoms with van der Waals surface area (Å²) >= 11 is 0. The number of alkyl halides is 7. The minimum Gasteiger partial charge on any atom is -0.489 e. The SMILES string of the molecule is CC(F)(F)C(F)(F)COc1ccc(C(=O)O)c(OCC(C)(O)C(F)(F)F)c1. The van der Waals surface area contributed by atoms with Crippen molar-refractivity contribution >= 4 is 5.97 Å². The third-order valence-corrected chi connectivity index (χ3v) is 3.37. The van der Waals surface area contributed by atoms with Crippen molar-refractivity contribution in [2.45, 2.75) is 37.5 Å². The number of carboxylic acids is 1. The van der Waals surface area contributed by atoms with Crippen LogP contribution in [0, 0.1) is 0 Å². The summed E-state index contributed by atoms with van der Waals surface area (Å²) in [5.41, 5.74) is -4.00. The second-order valence-corrected chi connectivity index (χ2v) is 5.90. The monoisotopic (exact) mass is 408 g/mol. The Morgan fingerprint density at radius 2 is 1.56 bits per heavy atom. The van der Waals surface area contributed by atoms with Gasteiger partial charge in [0, 0.05) is 13.0 Å². The van der Waals surface area contributed by atoms with Crippen LogP contribution >= 0.6 is 0 Å². The average Bonchev–Trinajstić information content (AvgIpc) is 2.48. The molecule has 27 heavy (non-hydrogen) atoms. The molecule has 0 saturated heterocycles. The molecule has 154 valence electrons. The zero-order valence-electron chi connectivity index (χ0n) is 13.9. The fourth-order valence-electron chi connectivity index (χ4n) is 1.49. The van der Waals surface area contributed by atoms with Crippen molar-refractivity contribution in [3.63, 3.8) is 0 Å². The summed E-state index contributed by atoms with van der Waals surface area (Å²) < 4.78 is 98.9. The lowest BCUT2D eigenvalue weighted by Crippen LogP contribution is -2.47. The van der Waals surface area contributed by atoms with Crippen LogP contribution in [0.15, 0.2) is 18.2 Å². The molecule has 0 aliphatic heterocycles. The van der Waals surface area contributed by atoms with Crippen LogP contribution in [0.3, 0.4) is 0 Å². The molecule has 0 heterocycles. The molecule has 0 fully saturated rings. The van der Waals surface area contributed by atoms with Crippen molar-refractivity contribution in [2.75, 3.05) is 13.2 Å². The molecule has 1 aromatic carbocycles. The van der Waals surface area contributed by atoms with Gasteiger partial charge < -0.3 is 19.7 Å². The van der Waals surface area contributed by atoms with Gasteiger partial charge in [0.05, 0.1) is 0 Å². The summed E-state index contributed by atoms with van der Waals surface area (Å²) in [6.45, 7) is -2.85. The van der Waals surface area contributed by atoms with Gasteiger partial charge in [0.15, 0.2) is 12.2 Å². The molecule has 0 spiro atoms. The van der Waals surface area contributed by atoms with E-state index in [-0.39, 0.29) is 6.92 Å². The lowest BCUT2D eigenvalue weighted by Gasteiger charge is -2.26. The first-order valence-electron chi connectivity index (χ1n) is 7.15. The second-order valence-electron chi connectivity index (χ2n) is 5.90. The summed E-state index contributed by atoms with van der Waals surface area (Å²) in [6, 6.07) is 2.24. The largest absolute Gasteiger partial charge is 0.489 e. The summed E-state index contributed by atoms with van der Waals surface area (Å²) in [5, 5.41) is 18.3. The number of carbonyl (C=O) groups is 1. The van der Waals surface area contributed by atoms with Gasteiger partial charge in [-0.2, -0.15) is 22.0 Å². The smallest absolute Gasteiger partial charge is 0.420 e. The zero-order chi connectivity index (χ0) is 21.3. The molecule has 1 atom stereocenters. The van der Waals surface area contributed by atoms with Gasteiger partial charge in [-0.25, -0.2) is 13.6 Å². The van der Waals surface area contributed by atoms with Gasteiger partial charge in [0.25, 0.3) is 0 Å². The van der Waals surface area contributed by atoms with Crippen LogP contribution < -0.4 is 9.47 Å². The van der Waals surface area contributed by atoms with Gasteiger partial charge in [-0.1, -0.05) is 0 Å². The van der Waals surface area contributed by atoms with Crippen molar-refractivity contribution in [1.82, 2.24) is 0 Å².